The Morgan fingerprint density at radius 3 is 2.87 bits per heavy atom. The van der Waals surface area contributed by atoms with E-state index in [0.717, 1.165) is 48.7 Å². The fourth-order valence-corrected chi connectivity index (χ4v) is 3.00. The lowest BCUT2D eigenvalue weighted by Crippen LogP contribution is -2.19. The van der Waals surface area contributed by atoms with Crippen molar-refractivity contribution in [1.82, 2.24) is 9.38 Å². The molecule has 1 saturated heterocycles. The number of fused-ring (bicyclic) bond motifs is 1. The molecule has 0 amide bonds. The van der Waals surface area contributed by atoms with Crippen molar-refractivity contribution in [2.45, 2.75) is 18.9 Å². The molecule has 0 bridgehead atoms. The van der Waals surface area contributed by atoms with Gasteiger partial charge in [-0.2, -0.15) is 0 Å². The summed E-state index contributed by atoms with van der Waals surface area (Å²) < 4.78 is 7.75. The van der Waals surface area contributed by atoms with Crippen LogP contribution in [0.1, 0.15) is 12.8 Å². The Bertz CT molecular complexity index is 805. The maximum absolute atomic E-state index is 9.50. The Kier molecular flexibility index (Phi) is 3.63. The van der Waals surface area contributed by atoms with Gasteiger partial charge < -0.3 is 15.2 Å². The van der Waals surface area contributed by atoms with E-state index < -0.39 is 0 Å². The SMILES string of the molecule is Oc1ccc(-c2nc3ccccn3c2NCC2CCCO2)cc1. The summed E-state index contributed by atoms with van der Waals surface area (Å²) >= 11 is 0. The van der Waals surface area contributed by atoms with Crippen LogP contribution < -0.4 is 5.32 Å². The van der Waals surface area contributed by atoms with E-state index in [4.69, 9.17) is 9.72 Å². The van der Waals surface area contributed by atoms with Gasteiger partial charge in [0.2, 0.25) is 0 Å². The molecule has 3 aromatic rings. The molecule has 1 atom stereocenters. The van der Waals surface area contributed by atoms with Crippen molar-refractivity contribution in [3.05, 3.63) is 48.7 Å². The molecule has 1 unspecified atom stereocenters. The van der Waals surface area contributed by atoms with Crippen LogP contribution in [-0.4, -0.2) is 33.7 Å². The number of imidazole rings is 1. The van der Waals surface area contributed by atoms with Crippen molar-refractivity contribution in [1.29, 1.82) is 0 Å². The van der Waals surface area contributed by atoms with Crippen molar-refractivity contribution in [3.8, 4) is 17.0 Å². The van der Waals surface area contributed by atoms with E-state index in [0.29, 0.717) is 0 Å². The quantitative estimate of drug-likeness (QED) is 0.776. The number of anilines is 1. The number of hydrogen-bond acceptors (Lipinski definition) is 4. The minimum absolute atomic E-state index is 0.256. The van der Waals surface area contributed by atoms with Crippen LogP contribution in [0.4, 0.5) is 5.82 Å². The summed E-state index contributed by atoms with van der Waals surface area (Å²) in [4.78, 5) is 4.74. The van der Waals surface area contributed by atoms with Crippen LogP contribution in [0.15, 0.2) is 48.7 Å². The van der Waals surface area contributed by atoms with Gasteiger partial charge >= 0.3 is 0 Å². The molecule has 0 aliphatic carbocycles. The van der Waals surface area contributed by atoms with Gasteiger partial charge in [-0.1, -0.05) is 6.07 Å². The predicted molar refractivity (Wildman–Crippen MR) is 89.8 cm³/mol. The summed E-state index contributed by atoms with van der Waals surface area (Å²) in [6.07, 6.45) is 4.49. The highest BCUT2D eigenvalue weighted by Gasteiger charge is 2.18. The average molecular weight is 309 g/mol. The highest BCUT2D eigenvalue weighted by molar-refractivity contribution is 5.76. The Labute approximate surface area is 134 Å². The van der Waals surface area contributed by atoms with Crippen LogP contribution in [0.5, 0.6) is 5.75 Å². The molecule has 0 radical (unpaired) electrons. The number of rotatable bonds is 4. The number of benzene rings is 1. The summed E-state index contributed by atoms with van der Waals surface area (Å²) in [7, 11) is 0. The second kappa shape index (κ2) is 5.93. The normalized spacial score (nSPS) is 17.7. The number of pyridine rings is 1. The fraction of sp³-hybridized carbons (Fsp3) is 0.278. The molecule has 2 N–H and O–H groups in total. The summed E-state index contributed by atoms with van der Waals surface area (Å²) in [5, 5.41) is 13.0. The van der Waals surface area contributed by atoms with E-state index in [9.17, 15) is 5.11 Å². The standard InChI is InChI=1S/C18H19N3O2/c22-14-8-6-13(7-9-14)17-18(19-12-15-4-3-11-23-15)21-10-2-1-5-16(21)20-17/h1-2,5-10,15,19,22H,3-4,11-12H2. The van der Waals surface area contributed by atoms with Gasteiger partial charge in [-0.25, -0.2) is 4.98 Å². The number of aromatic nitrogens is 2. The molecular formula is C18H19N3O2. The molecule has 118 valence electrons. The van der Waals surface area contributed by atoms with Crippen LogP contribution in [0.25, 0.3) is 16.9 Å². The second-order valence-corrected chi connectivity index (χ2v) is 5.80. The summed E-state index contributed by atoms with van der Waals surface area (Å²) in [5.74, 6) is 1.22. The molecule has 1 aromatic carbocycles. The molecule has 5 heteroatoms. The van der Waals surface area contributed by atoms with E-state index in [1.54, 1.807) is 12.1 Å². The highest BCUT2D eigenvalue weighted by Crippen LogP contribution is 2.30. The van der Waals surface area contributed by atoms with Crippen molar-refractivity contribution in [3.63, 3.8) is 0 Å². The molecule has 3 heterocycles. The molecule has 5 nitrogen and oxygen atoms in total. The van der Waals surface area contributed by atoms with Crippen LogP contribution in [0.2, 0.25) is 0 Å². The first-order valence-electron chi connectivity index (χ1n) is 7.93. The van der Waals surface area contributed by atoms with Crippen molar-refractivity contribution in [2.24, 2.45) is 0 Å². The number of nitrogens with zero attached hydrogens (tertiary/aromatic N) is 2. The first-order chi connectivity index (χ1) is 11.3. The maximum atomic E-state index is 9.50. The monoisotopic (exact) mass is 309 g/mol. The molecule has 2 aromatic heterocycles. The molecule has 23 heavy (non-hydrogen) atoms. The molecule has 1 aliphatic rings. The average Bonchev–Trinajstić information content (AvgIpc) is 3.21. The third-order valence-corrected chi connectivity index (χ3v) is 4.19. The zero-order valence-electron chi connectivity index (χ0n) is 12.8. The number of aromatic hydroxyl groups is 1. The molecule has 1 fully saturated rings. The summed E-state index contributed by atoms with van der Waals surface area (Å²) in [6, 6.07) is 13.1. The van der Waals surface area contributed by atoms with Crippen LogP contribution in [0.3, 0.4) is 0 Å². The van der Waals surface area contributed by atoms with Gasteiger partial charge in [0.1, 0.15) is 22.9 Å². The van der Waals surface area contributed by atoms with E-state index in [1.165, 1.54) is 0 Å². The lowest BCUT2D eigenvalue weighted by Gasteiger charge is -2.13. The first-order valence-corrected chi connectivity index (χ1v) is 7.93. The number of nitrogens with one attached hydrogen (secondary N) is 1. The van der Waals surface area contributed by atoms with E-state index in [1.807, 2.05) is 36.5 Å². The van der Waals surface area contributed by atoms with Gasteiger partial charge in [0.05, 0.1) is 6.10 Å². The molecule has 1 aliphatic heterocycles. The third-order valence-electron chi connectivity index (χ3n) is 4.19. The Morgan fingerprint density at radius 2 is 2.09 bits per heavy atom. The van der Waals surface area contributed by atoms with Gasteiger partial charge in [0, 0.05) is 24.9 Å². The predicted octanol–water partition coefficient (Wildman–Crippen LogP) is 3.30. The van der Waals surface area contributed by atoms with E-state index in [2.05, 4.69) is 9.72 Å². The van der Waals surface area contributed by atoms with Crippen LogP contribution in [0, 0.1) is 0 Å². The molecule has 4 rings (SSSR count). The first kappa shape index (κ1) is 14.1. The van der Waals surface area contributed by atoms with Crippen molar-refractivity contribution < 1.29 is 9.84 Å². The van der Waals surface area contributed by atoms with Gasteiger partial charge in [0.25, 0.3) is 0 Å². The Hall–Kier alpha value is -2.53. The van der Waals surface area contributed by atoms with Gasteiger partial charge in [-0.05, 0) is 49.2 Å². The summed E-state index contributed by atoms with van der Waals surface area (Å²) in [5.41, 5.74) is 2.75. The number of phenols is 1. The van der Waals surface area contributed by atoms with Gasteiger partial charge in [-0.15, -0.1) is 0 Å². The number of hydrogen-bond donors (Lipinski definition) is 2. The smallest absolute Gasteiger partial charge is 0.139 e. The lowest BCUT2D eigenvalue weighted by molar-refractivity contribution is 0.120. The minimum Gasteiger partial charge on any atom is -0.508 e. The molecular weight excluding hydrogens is 290 g/mol. The van der Waals surface area contributed by atoms with E-state index in [-0.39, 0.29) is 11.9 Å². The zero-order valence-corrected chi connectivity index (χ0v) is 12.8. The fourth-order valence-electron chi connectivity index (χ4n) is 3.00. The topological polar surface area (TPSA) is 58.8 Å². The van der Waals surface area contributed by atoms with E-state index >= 15 is 0 Å². The summed E-state index contributed by atoms with van der Waals surface area (Å²) in [6.45, 7) is 1.62. The van der Waals surface area contributed by atoms with Crippen molar-refractivity contribution >= 4 is 11.5 Å². The highest BCUT2D eigenvalue weighted by atomic mass is 16.5. The van der Waals surface area contributed by atoms with Gasteiger partial charge in [-0.3, -0.25) is 4.40 Å². The minimum atomic E-state index is 0.256. The molecule has 0 saturated carbocycles. The van der Waals surface area contributed by atoms with Gasteiger partial charge in [0.15, 0.2) is 0 Å². The van der Waals surface area contributed by atoms with Crippen molar-refractivity contribution in [2.75, 3.05) is 18.5 Å². The second-order valence-electron chi connectivity index (χ2n) is 5.80. The third kappa shape index (κ3) is 2.75. The largest absolute Gasteiger partial charge is 0.508 e. The molecule has 0 spiro atoms. The zero-order chi connectivity index (χ0) is 15.6. The number of phenolic OH excluding ortho intramolecular Hbond substituents is 1. The van der Waals surface area contributed by atoms with Crippen LogP contribution in [-0.2, 0) is 4.74 Å². The Balaban J connectivity index is 1.72. The maximum Gasteiger partial charge on any atom is 0.139 e. The lowest BCUT2D eigenvalue weighted by atomic mass is 10.1. The van der Waals surface area contributed by atoms with Crippen LogP contribution >= 0.6 is 0 Å². The Morgan fingerprint density at radius 1 is 1.22 bits per heavy atom. The number of ether oxygens (including phenoxy) is 1.